The van der Waals surface area contributed by atoms with Crippen LogP contribution in [-0.2, 0) is 24.6 Å². The lowest BCUT2D eigenvalue weighted by Crippen LogP contribution is -2.48. The minimum atomic E-state index is -1.25. The van der Waals surface area contributed by atoms with Crippen molar-refractivity contribution < 1.29 is 19.0 Å². The first-order valence-electron chi connectivity index (χ1n) is 11.8. The molecule has 1 fully saturated rings. The Bertz CT molecular complexity index is 1150. The molecule has 1 saturated heterocycles. The fraction of sp³-hybridized carbons (Fsp3) is 0.194. The summed E-state index contributed by atoms with van der Waals surface area (Å²) in [6.45, 7) is 3.04. The number of carbonyl (C=O) groups is 1. The van der Waals surface area contributed by atoms with E-state index >= 15 is 0 Å². The average Bonchev–Trinajstić information content (AvgIpc) is 2.95. The molecule has 0 aliphatic carbocycles. The van der Waals surface area contributed by atoms with Crippen molar-refractivity contribution in [1.82, 2.24) is 0 Å². The maximum atomic E-state index is 12.9. The number of rotatable bonds is 5. The minimum absolute atomic E-state index is 0.144. The molecule has 0 aromatic heterocycles. The number of benzene rings is 4. The SMILES string of the molecule is CCOC(=O)C1(c2ccccc2-c2ccc(-c3ccccc3)cc2)COCCO1.[c]1ccccc1. The van der Waals surface area contributed by atoms with E-state index in [2.05, 4.69) is 42.5 Å². The second kappa shape index (κ2) is 12.1. The van der Waals surface area contributed by atoms with Gasteiger partial charge in [0.15, 0.2) is 0 Å². The summed E-state index contributed by atoms with van der Waals surface area (Å²) in [6, 6.07) is 38.9. The van der Waals surface area contributed by atoms with Gasteiger partial charge in [0.05, 0.1) is 26.4 Å². The Labute approximate surface area is 207 Å². The van der Waals surface area contributed by atoms with Gasteiger partial charge in [0.25, 0.3) is 0 Å². The van der Waals surface area contributed by atoms with Crippen molar-refractivity contribution in [2.45, 2.75) is 12.5 Å². The molecular weight excluding hydrogens is 436 g/mol. The van der Waals surface area contributed by atoms with Gasteiger partial charge in [-0.1, -0.05) is 109 Å². The highest BCUT2D eigenvalue weighted by Crippen LogP contribution is 2.38. The van der Waals surface area contributed by atoms with Crippen LogP contribution in [0.15, 0.2) is 109 Å². The molecule has 0 amide bonds. The van der Waals surface area contributed by atoms with Crippen molar-refractivity contribution in [1.29, 1.82) is 0 Å². The summed E-state index contributed by atoms with van der Waals surface area (Å²) >= 11 is 0. The van der Waals surface area contributed by atoms with Gasteiger partial charge in [-0.3, -0.25) is 0 Å². The van der Waals surface area contributed by atoms with Crippen LogP contribution >= 0.6 is 0 Å². The molecule has 0 saturated carbocycles. The van der Waals surface area contributed by atoms with E-state index in [1.807, 2.05) is 72.8 Å². The van der Waals surface area contributed by atoms with Crippen LogP contribution in [0.5, 0.6) is 0 Å². The zero-order valence-electron chi connectivity index (χ0n) is 19.9. The van der Waals surface area contributed by atoms with E-state index < -0.39 is 11.6 Å². The first-order valence-corrected chi connectivity index (χ1v) is 11.8. The highest BCUT2D eigenvalue weighted by Gasteiger charge is 2.46. The number of carbonyl (C=O) groups excluding carboxylic acids is 1. The third-order valence-electron chi connectivity index (χ3n) is 5.76. The zero-order valence-corrected chi connectivity index (χ0v) is 19.9. The maximum Gasteiger partial charge on any atom is 0.345 e. The summed E-state index contributed by atoms with van der Waals surface area (Å²) in [4.78, 5) is 12.9. The Morgan fingerprint density at radius 3 is 2.03 bits per heavy atom. The standard InChI is InChI=1S/C25H24O4.C6H5/c1-2-28-24(26)25(18-27-16-17-29-25)23-11-7-6-10-22(23)21-14-12-20(13-15-21)19-8-4-3-5-9-19;1-2-4-6-5-3-1/h3-15H,2,16-18H2,1H3;1-5H. The second-order valence-corrected chi connectivity index (χ2v) is 8.01. The number of hydrogen-bond donors (Lipinski definition) is 0. The van der Waals surface area contributed by atoms with Crippen LogP contribution in [0, 0.1) is 6.07 Å². The third kappa shape index (κ3) is 5.86. The second-order valence-electron chi connectivity index (χ2n) is 8.01. The molecule has 1 unspecified atom stereocenters. The summed E-state index contributed by atoms with van der Waals surface area (Å²) in [5.74, 6) is -0.409. The molecular formula is C31H29O4. The molecule has 1 radical (unpaired) electrons. The predicted octanol–water partition coefficient (Wildman–Crippen LogP) is 6.31. The number of ether oxygens (including phenoxy) is 3. The highest BCUT2D eigenvalue weighted by atomic mass is 16.6. The van der Waals surface area contributed by atoms with E-state index in [9.17, 15) is 4.79 Å². The molecule has 35 heavy (non-hydrogen) atoms. The Kier molecular flexibility index (Phi) is 8.44. The molecule has 1 aliphatic heterocycles. The van der Waals surface area contributed by atoms with Gasteiger partial charge < -0.3 is 14.2 Å². The lowest BCUT2D eigenvalue weighted by atomic mass is 9.86. The van der Waals surface area contributed by atoms with Crippen LogP contribution in [0.4, 0.5) is 0 Å². The molecule has 5 rings (SSSR count). The van der Waals surface area contributed by atoms with E-state index in [0.717, 1.165) is 22.3 Å². The molecule has 4 aromatic rings. The molecule has 1 heterocycles. The molecule has 0 N–H and O–H groups in total. The van der Waals surface area contributed by atoms with Crippen LogP contribution in [0.2, 0.25) is 0 Å². The van der Waals surface area contributed by atoms with E-state index in [0.29, 0.717) is 13.2 Å². The van der Waals surface area contributed by atoms with Crippen LogP contribution < -0.4 is 0 Å². The normalized spacial score (nSPS) is 17.1. The van der Waals surface area contributed by atoms with E-state index in [1.165, 1.54) is 5.56 Å². The van der Waals surface area contributed by atoms with Crippen molar-refractivity contribution >= 4 is 5.97 Å². The predicted molar refractivity (Wildman–Crippen MR) is 138 cm³/mol. The van der Waals surface area contributed by atoms with Crippen molar-refractivity contribution in [3.05, 3.63) is 121 Å². The summed E-state index contributed by atoms with van der Waals surface area (Å²) in [7, 11) is 0. The molecule has 1 aliphatic rings. The number of hydrogen-bond acceptors (Lipinski definition) is 4. The first-order chi connectivity index (χ1) is 17.2. The van der Waals surface area contributed by atoms with Gasteiger partial charge in [0, 0.05) is 5.56 Å². The van der Waals surface area contributed by atoms with E-state index in [4.69, 9.17) is 14.2 Å². The summed E-state index contributed by atoms with van der Waals surface area (Å²) in [5.41, 5.74) is 3.78. The fourth-order valence-electron chi connectivity index (χ4n) is 4.07. The largest absolute Gasteiger partial charge is 0.464 e. The van der Waals surface area contributed by atoms with Crippen molar-refractivity contribution in [2.24, 2.45) is 0 Å². The Balaban J connectivity index is 0.000000421. The van der Waals surface area contributed by atoms with Crippen LogP contribution in [0.3, 0.4) is 0 Å². The van der Waals surface area contributed by atoms with Gasteiger partial charge in [0.1, 0.15) is 0 Å². The van der Waals surface area contributed by atoms with E-state index in [-0.39, 0.29) is 13.2 Å². The monoisotopic (exact) mass is 465 g/mol. The Hall–Kier alpha value is -3.73. The Morgan fingerprint density at radius 1 is 0.800 bits per heavy atom. The van der Waals surface area contributed by atoms with Gasteiger partial charge >= 0.3 is 5.97 Å². The molecule has 1 atom stereocenters. The topological polar surface area (TPSA) is 44.8 Å². The molecule has 177 valence electrons. The lowest BCUT2D eigenvalue weighted by Gasteiger charge is -2.36. The fourth-order valence-corrected chi connectivity index (χ4v) is 4.07. The van der Waals surface area contributed by atoms with Gasteiger partial charge in [0.2, 0.25) is 5.60 Å². The van der Waals surface area contributed by atoms with Crippen molar-refractivity contribution in [3.8, 4) is 22.3 Å². The highest BCUT2D eigenvalue weighted by molar-refractivity contribution is 5.86. The quantitative estimate of drug-likeness (QED) is 0.324. The molecule has 0 spiro atoms. The lowest BCUT2D eigenvalue weighted by molar-refractivity contribution is -0.202. The maximum absolute atomic E-state index is 12.9. The van der Waals surface area contributed by atoms with Gasteiger partial charge in [-0.15, -0.1) is 0 Å². The van der Waals surface area contributed by atoms with Crippen LogP contribution in [-0.4, -0.2) is 32.4 Å². The zero-order chi connectivity index (χ0) is 24.3. The Morgan fingerprint density at radius 2 is 1.43 bits per heavy atom. The van der Waals surface area contributed by atoms with Gasteiger partial charge in [-0.05, 0) is 35.2 Å². The summed E-state index contributed by atoms with van der Waals surface area (Å²) < 4.78 is 17.0. The number of esters is 1. The minimum Gasteiger partial charge on any atom is -0.464 e. The third-order valence-corrected chi connectivity index (χ3v) is 5.76. The summed E-state index contributed by atoms with van der Waals surface area (Å²) in [5, 5.41) is 0. The molecule has 4 nitrogen and oxygen atoms in total. The molecule has 4 aromatic carbocycles. The summed E-state index contributed by atoms with van der Waals surface area (Å²) in [6.07, 6.45) is 0. The first kappa shape index (κ1) is 24.4. The average molecular weight is 466 g/mol. The van der Waals surface area contributed by atoms with Crippen molar-refractivity contribution in [2.75, 3.05) is 26.4 Å². The smallest absolute Gasteiger partial charge is 0.345 e. The van der Waals surface area contributed by atoms with Crippen molar-refractivity contribution in [3.63, 3.8) is 0 Å². The van der Waals surface area contributed by atoms with Gasteiger partial charge in [-0.2, -0.15) is 0 Å². The van der Waals surface area contributed by atoms with Gasteiger partial charge in [-0.25, -0.2) is 4.79 Å². The molecule has 0 bridgehead atoms. The molecule has 4 heteroatoms. The van der Waals surface area contributed by atoms with Crippen LogP contribution in [0.1, 0.15) is 12.5 Å². The van der Waals surface area contributed by atoms with E-state index in [1.54, 1.807) is 6.92 Å². The van der Waals surface area contributed by atoms with Crippen LogP contribution in [0.25, 0.3) is 22.3 Å².